The Balaban J connectivity index is 1.26. The van der Waals surface area contributed by atoms with Gasteiger partial charge in [0.1, 0.15) is 30.0 Å². The lowest BCUT2D eigenvalue weighted by Gasteiger charge is -2.17. The minimum atomic E-state index is -1.48. The van der Waals surface area contributed by atoms with E-state index in [-0.39, 0.29) is 12.4 Å². The van der Waals surface area contributed by atoms with Gasteiger partial charge in [0.15, 0.2) is 12.3 Å². The number of ether oxygens (including phenoxy) is 1. The maximum Gasteiger partial charge on any atom is 0.252 e. The smallest absolute Gasteiger partial charge is 0.252 e. The molecule has 1 aliphatic rings. The summed E-state index contributed by atoms with van der Waals surface area (Å²) in [5, 5.41) is 33.7. The number of hydrogen-bond donors (Lipinski definition) is 4. The van der Waals surface area contributed by atoms with Crippen LogP contribution in [0.3, 0.4) is 0 Å². The zero-order valence-electron chi connectivity index (χ0n) is 20.3. The van der Waals surface area contributed by atoms with Crippen LogP contribution in [0.2, 0.25) is 0 Å². The average Bonchev–Trinajstić information content (AvgIpc) is 3.71. The molecule has 0 bridgehead atoms. The van der Waals surface area contributed by atoms with E-state index >= 15 is 0 Å². The van der Waals surface area contributed by atoms with Crippen LogP contribution in [-0.4, -0.2) is 68.5 Å². The van der Waals surface area contributed by atoms with Crippen molar-refractivity contribution in [3.8, 4) is 16.9 Å². The second kappa shape index (κ2) is 9.37. The maximum atomic E-state index is 13.1. The van der Waals surface area contributed by atoms with E-state index in [1.807, 2.05) is 42.6 Å². The van der Waals surface area contributed by atoms with Crippen molar-refractivity contribution < 1.29 is 19.7 Å². The molecule has 6 rings (SSSR count). The van der Waals surface area contributed by atoms with Gasteiger partial charge in [-0.1, -0.05) is 18.2 Å². The molecule has 194 valence electrons. The second-order valence-corrected chi connectivity index (χ2v) is 9.01. The number of para-hydroxylation sites is 1. The van der Waals surface area contributed by atoms with Crippen LogP contribution in [0, 0.1) is 0 Å². The molecule has 0 radical (unpaired) electrons. The van der Waals surface area contributed by atoms with Crippen molar-refractivity contribution in [2.24, 2.45) is 7.05 Å². The molecular weight excluding hydrogens is 490 g/mol. The molecule has 1 aliphatic heterocycles. The van der Waals surface area contributed by atoms with Gasteiger partial charge in [-0.2, -0.15) is 10.2 Å². The third-order valence-corrected chi connectivity index (χ3v) is 6.60. The van der Waals surface area contributed by atoms with Crippen molar-refractivity contribution in [2.75, 3.05) is 5.73 Å². The van der Waals surface area contributed by atoms with E-state index < -0.39 is 30.4 Å². The molecule has 38 heavy (non-hydrogen) atoms. The van der Waals surface area contributed by atoms with Crippen molar-refractivity contribution >= 4 is 22.8 Å². The van der Waals surface area contributed by atoms with Gasteiger partial charge in [0.2, 0.25) is 0 Å². The number of aromatic nitrogens is 7. The van der Waals surface area contributed by atoms with Gasteiger partial charge in [-0.3, -0.25) is 9.48 Å². The first-order valence-electron chi connectivity index (χ1n) is 11.9. The molecule has 1 fully saturated rings. The molecule has 13 heteroatoms. The third-order valence-electron chi connectivity index (χ3n) is 6.60. The Morgan fingerprint density at radius 1 is 1.13 bits per heavy atom. The fraction of sp³-hybridized carbons (Fsp3) is 0.240. The van der Waals surface area contributed by atoms with E-state index in [0.717, 1.165) is 11.3 Å². The molecule has 5 N–H and O–H groups in total. The Morgan fingerprint density at radius 2 is 1.97 bits per heavy atom. The number of carbonyl (C=O) groups is 1. The van der Waals surface area contributed by atoms with Gasteiger partial charge in [0.05, 0.1) is 16.8 Å². The van der Waals surface area contributed by atoms with Gasteiger partial charge in [0.25, 0.3) is 5.91 Å². The fourth-order valence-electron chi connectivity index (χ4n) is 4.74. The van der Waals surface area contributed by atoms with Crippen LogP contribution >= 0.6 is 0 Å². The van der Waals surface area contributed by atoms with E-state index in [0.29, 0.717) is 22.3 Å². The number of nitrogens with two attached hydrogens (primary N) is 1. The van der Waals surface area contributed by atoms with Gasteiger partial charge < -0.3 is 30.6 Å². The highest BCUT2D eigenvalue weighted by atomic mass is 16.6. The van der Waals surface area contributed by atoms with Crippen molar-refractivity contribution in [1.82, 2.24) is 39.4 Å². The topological polar surface area (TPSA) is 171 Å². The van der Waals surface area contributed by atoms with E-state index in [2.05, 4.69) is 25.5 Å². The summed E-state index contributed by atoms with van der Waals surface area (Å²) in [7, 11) is 1.79. The number of aliphatic hydroxyl groups excluding tert-OH is 2. The number of nitrogens with zero attached hydrogens (tertiary/aromatic N) is 7. The quantitative estimate of drug-likeness (QED) is 0.252. The van der Waals surface area contributed by atoms with E-state index in [9.17, 15) is 15.0 Å². The summed E-state index contributed by atoms with van der Waals surface area (Å²) < 4.78 is 10.8. The molecule has 5 heterocycles. The predicted molar refractivity (Wildman–Crippen MR) is 135 cm³/mol. The number of anilines is 1. The largest absolute Gasteiger partial charge is 0.387 e. The zero-order chi connectivity index (χ0) is 26.4. The molecular formula is C25H25N9O4. The summed E-state index contributed by atoms with van der Waals surface area (Å²) in [6, 6.07) is 11.1. The number of rotatable bonds is 6. The van der Waals surface area contributed by atoms with Crippen LogP contribution < -0.4 is 11.1 Å². The molecule has 13 nitrogen and oxygen atoms in total. The van der Waals surface area contributed by atoms with Crippen LogP contribution in [-0.2, 0) is 23.1 Å². The molecule has 4 atom stereocenters. The second-order valence-electron chi connectivity index (χ2n) is 9.01. The van der Waals surface area contributed by atoms with E-state index in [1.54, 1.807) is 39.6 Å². The normalized spacial score (nSPS) is 21.2. The summed E-state index contributed by atoms with van der Waals surface area (Å²) >= 11 is 0. The summed E-state index contributed by atoms with van der Waals surface area (Å²) in [5.41, 5.74) is 9.43. The molecule has 5 aromatic rings. The van der Waals surface area contributed by atoms with E-state index in [4.69, 9.17) is 10.5 Å². The first kappa shape index (κ1) is 23.8. The number of nitrogen functional groups attached to an aromatic ring is 1. The summed E-state index contributed by atoms with van der Waals surface area (Å²) in [6.07, 6.45) is 2.93. The number of amides is 1. The Bertz CT molecular complexity index is 1610. The minimum absolute atomic E-state index is 0.169. The van der Waals surface area contributed by atoms with Crippen LogP contribution in [0.1, 0.15) is 11.8 Å². The number of aryl methyl sites for hydroxylation is 1. The van der Waals surface area contributed by atoms with Crippen LogP contribution in [0.25, 0.3) is 28.0 Å². The highest BCUT2D eigenvalue weighted by molar-refractivity contribution is 5.99. The molecule has 4 aromatic heterocycles. The number of carbonyl (C=O) groups excluding carboxylic acids is 1. The highest BCUT2D eigenvalue weighted by Gasteiger charge is 2.48. The summed E-state index contributed by atoms with van der Waals surface area (Å²) in [6.45, 7) is 0.169. The monoisotopic (exact) mass is 515 g/mol. The summed E-state index contributed by atoms with van der Waals surface area (Å²) in [5.74, 6) is -0.336. The summed E-state index contributed by atoms with van der Waals surface area (Å²) in [4.78, 5) is 21.5. The first-order valence-corrected chi connectivity index (χ1v) is 11.9. The minimum Gasteiger partial charge on any atom is -0.387 e. The lowest BCUT2D eigenvalue weighted by Crippen LogP contribution is -2.42. The van der Waals surface area contributed by atoms with Crippen LogP contribution in [0.4, 0.5) is 5.82 Å². The molecule has 1 aromatic carbocycles. The Hall–Kier alpha value is -4.59. The Morgan fingerprint density at radius 3 is 2.74 bits per heavy atom. The molecule has 0 saturated carbocycles. The van der Waals surface area contributed by atoms with Crippen molar-refractivity contribution in [1.29, 1.82) is 0 Å². The average molecular weight is 516 g/mol. The lowest BCUT2D eigenvalue weighted by atomic mass is 10.1. The molecule has 1 amide bonds. The Kier molecular flexibility index (Phi) is 5.87. The van der Waals surface area contributed by atoms with Crippen molar-refractivity contribution in [3.05, 3.63) is 73.1 Å². The fourth-order valence-corrected chi connectivity index (χ4v) is 4.74. The maximum absolute atomic E-state index is 13.1. The van der Waals surface area contributed by atoms with Crippen molar-refractivity contribution in [3.63, 3.8) is 0 Å². The standard InChI is InChI=1S/C25H25N9O4/c1-32-10-7-16(31-32)15-12-33(23-18(15)22(26)28-13-29-23)25-20(36)19(35)21(38-25)24(37)27-11-14-5-2-3-6-17(14)34-9-4-8-30-34/h2-10,12-13,19-21,25,35-36H,11H2,1H3,(H,27,37)(H2,26,28,29)/t19-,20+,21-,25+/m0/s1. The SMILES string of the molecule is Cn1ccc(-c2cn([C@@H]3O[C@H](C(=O)NCc4ccccc4-n4cccn4)[C@@H](O)[C@H]3O)c3ncnc(N)c23)n1. The van der Waals surface area contributed by atoms with Crippen molar-refractivity contribution in [2.45, 2.75) is 31.1 Å². The molecule has 1 saturated heterocycles. The van der Waals surface area contributed by atoms with Gasteiger partial charge >= 0.3 is 0 Å². The first-order chi connectivity index (χ1) is 18.4. The predicted octanol–water partition coefficient (Wildman–Crippen LogP) is 0.535. The highest BCUT2D eigenvalue weighted by Crippen LogP contribution is 2.38. The van der Waals surface area contributed by atoms with Crippen LogP contribution in [0.5, 0.6) is 0 Å². The molecule has 0 aliphatic carbocycles. The number of fused-ring (bicyclic) bond motifs is 1. The van der Waals surface area contributed by atoms with Gasteiger partial charge in [-0.05, 0) is 23.8 Å². The van der Waals surface area contributed by atoms with Crippen LogP contribution in [0.15, 0.2) is 67.5 Å². The van der Waals surface area contributed by atoms with Gasteiger partial charge in [-0.25, -0.2) is 14.6 Å². The van der Waals surface area contributed by atoms with Gasteiger partial charge in [-0.15, -0.1) is 0 Å². The number of hydrogen-bond acceptors (Lipinski definition) is 9. The number of benzene rings is 1. The molecule has 0 unspecified atom stereocenters. The number of nitrogens with one attached hydrogen (secondary N) is 1. The molecule has 0 spiro atoms. The number of aliphatic hydroxyl groups is 2. The van der Waals surface area contributed by atoms with E-state index in [1.165, 1.54) is 6.33 Å². The zero-order valence-corrected chi connectivity index (χ0v) is 20.3. The van der Waals surface area contributed by atoms with Gasteiger partial charge in [0, 0.05) is 43.9 Å². The Labute approximate surface area is 216 Å². The third kappa shape index (κ3) is 3.98. The lowest BCUT2D eigenvalue weighted by molar-refractivity contribution is -0.137.